The van der Waals surface area contributed by atoms with Crippen molar-refractivity contribution >= 4 is 35.3 Å². The molecule has 0 aromatic heterocycles. The molecule has 2 rings (SSSR count). The summed E-state index contributed by atoms with van der Waals surface area (Å²) >= 11 is 1.28. The summed E-state index contributed by atoms with van der Waals surface area (Å²) in [6.45, 7) is 3.61. The number of carboxylic acids is 1. The average molecular weight is 507 g/mol. The fourth-order valence-corrected chi connectivity index (χ4v) is 4.37. The Bertz CT molecular complexity index is 1010. The number of alkyl halides is 2. The molecule has 7 nitrogen and oxygen atoms in total. The zero-order valence-corrected chi connectivity index (χ0v) is 20.1. The molecule has 2 amide bonds. The van der Waals surface area contributed by atoms with Crippen molar-refractivity contribution in [3.63, 3.8) is 0 Å². The van der Waals surface area contributed by atoms with Crippen LogP contribution in [0.25, 0.3) is 0 Å². The quantitative estimate of drug-likeness (QED) is 0.281. The summed E-state index contributed by atoms with van der Waals surface area (Å²) < 4.78 is 25.8. The van der Waals surface area contributed by atoms with E-state index in [2.05, 4.69) is 10.6 Å². The van der Waals surface area contributed by atoms with Crippen molar-refractivity contribution in [2.75, 3.05) is 0 Å². The van der Waals surface area contributed by atoms with E-state index in [9.17, 15) is 28.0 Å². The first kappa shape index (κ1) is 28.0. The van der Waals surface area contributed by atoms with Crippen LogP contribution in [-0.4, -0.2) is 47.2 Å². The van der Waals surface area contributed by atoms with Crippen molar-refractivity contribution in [2.45, 2.75) is 55.3 Å². The van der Waals surface area contributed by atoms with Crippen LogP contribution in [0.4, 0.5) is 8.78 Å². The molecule has 2 aromatic rings. The lowest BCUT2D eigenvalue weighted by molar-refractivity contribution is -0.151. The Morgan fingerprint density at radius 3 is 1.89 bits per heavy atom. The Balaban J connectivity index is 2.27. The van der Waals surface area contributed by atoms with Gasteiger partial charge in [0.1, 0.15) is 17.3 Å². The number of benzene rings is 2. The second kappa shape index (κ2) is 13.6. The molecule has 0 saturated carbocycles. The highest BCUT2D eigenvalue weighted by molar-refractivity contribution is 8.00. The number of hydrogen-bond donors (Lipinski definition) is 3. The van der Waals surface area contributed by atoms with E-state index >= 15 is 0 Å². The number of carboxylic acid groups (broad SMARTS) is 1. The minimum Gasteiger partial charge on any atom is -0.475 e. The van der Waals surface area contributed by atoms with E-state index < -0.39 is 53.7 Å². The van der Waals surface area contributed by atoms with Gasteiger partial charge in [0.05, 0.1) is 0 Å². The molecular weight excluding hydrogens is 478 g/mol. The molecule has 0 spiro atoms. The highest BCUT2D eigenvalue weighted by Crippen LogP contribution is 2.35. The normalized spacial score (nSPS) is 13.7. The van der Waals surface area contributed by atoms with Crippen LogP contribution in [0, 0.1) is 5.92 Å². The van der Waals surface area contributed by atoms with E-state index in [-0.39, 0.29) is 12.3 Å². The van der Waals surface area contributed by atoms with Gasteiger partial charge in [-0.05, 0) is 30.0 Å². The number of Topliss-reactive ketones (excluding diaryl/α,β-unsaturated/α-hetero) is 1. The molecule has 0 saturated heterocycles. The fourth-order valence-electron chi connectivity index (χ4n) is 3.32. The number of carbonyl (C=O) groups is 4. The minimum atomic E-state index is -3.01. The topological polar surface area (TPSA) is 113 Å². The smallest absolute Gasteiger partial charge is 0.374 e. The summed E-state index contributed by atoms with van der Waals surface area (Å²) in [7, 11) is 0. The van der Waals surface area contributed by atoms with Crippen molar-refractivity contribution in [2.24, 2.45) is 5.92 Å². The maximum atomic E-state index is 13.4. The molecule has 0 aliphatic carbocycles. The fraction of sp³-hybridized carbons (Fsp3) is 0.360. The van der Waals surface area contributed by atoms with Gasteiger partial charge in [0.15, 0.2) is 0 Å². The number of aliphatic carboxylic acids is 1. The van der Waals surface area contributed by atoms with Crippen molar-refractivity contribution in [1.29, 1.82) is 0 Å². The molecule has 0 radical (unpaired) electrons. The lowest BCUT2D eigenvalue weighted by Crippen LogP contribution is -2.54. The van der Waals surface area contributed by atoms with Crippen LogP contribution < -0.4 is 10.6 Å². The van der Waals surface area contributed by atoms with Crippen molar-refractivity contribution in [3.8, 4) is 0 Å². The molecule has 1 unspecified atom stereocenters. The molecule has 2 aromatic carbocycles. The number of rotatable bonds is 13. The maximum absolute atomic E-state index is 13.4. The van der Waals surface area contributed by atoms with Crippen LogP contribution in [0.5, 0.6) is 0 Å². The van der Waals surface area contributed by atoms with Crippen LogP contribution >= 0.6 is 11.8 Å². The summed E-state index contributed by atoms with van der Waals surface area (Å²) in [5.74, 6) is -4.93. The second-order valence-electron chi connectivity index (χ2n) is 8.27. The van der Waals surface area contributed by atoms with E-state index in [4.69, 9.17) is 5.11 Å². The van der Waals surface area contributed by atoms with E-state index in [0.29, 0.717) is 5.56 Å². The summed E-state index contributed by atoms with van der Waals surface area (Å²) in [5, 5.41) is 13.0. The van der Waals surface area contributed by atoms with Gasteiger partial charge >= 0.3 is 5.97 Å². The van der Waals surface area contributed by atoms with Crippen molar-refractivity contribution in [1.82, 2.24) is 10.6 Å². The SMILES string of the molecule is CC(C)C[C@H](NC(=O)C(Sc1ccccc1)c1ccccc1)C(=O)N[C@@H](CC(F)F)C(=O)C(=O)O. The number of ketones is 1. The maximum Gasteiger partial charge on any atom is 0.374 e. The number of hydrogen-bond acceptors (Lipinski definition) is 5. The van der Waals surface area contributed by atoms with Gasteiger partial charge in [-0.1, -0.05) is 62.4 Å². The largest absolute Gasteiger partial charge is 0.475 e. The van der Waals surface area contributed by atoms with Crippen LogP contribution in [0.15, 0.2) is 65.6 Å². The monoisotopic (exact) mass is 506 g/mol. The summed E-state index contributed by atoms with van der Waals surface area (Å²) in [6.07, 6.45) is -4.00. The first-order chi connectivity index (χ1) is 16.6. The van der Waals surface area contributed by atoms with Crippen molar-refractivity contribution < 1.29 is 33.1 Å². The molecule has 3 N–H and O–H groups in total. The van der Waals surface area contributed by atoms with E-state index in [1.54, 1.807) is 38.1 Å². The Kier molecular flexibility index (Phi) is 10.8. The standard InChI is InChI=1S/C25H28F2N2O5S/c1-15(2)13-19(23(31)28-18(14-20(26)27)21(30)25(33)34)29-24(32)22(16-9-5-3-6-10-16)35-17-11-7-4-8-12-17/h3-12,15,18-20,22H,13-14H2,1-2H3,(H,28,31)(H,29,32)(H,33,34)/t18-,19-,22?/m0/s1. The van der Waals surface area contributed by atoms with Crippen LogP contribution in [0.1, 0.15) is 37.5 Å². The molecule has 10 heteroatoms. The van der Waals surface area contributed by atoms with Gasteiger partial charge < -0.3 is 15.7 Å². The van der Waals surface area contributed by atoms with Gasteiger partial charge in [-0.2, -0.15) is 0 Å². The van der Waals surface area contributed by atoms with E-state index in [1.807, 2.05) is 36.4 Å². The van der Waals surface area contributed by atoms with Gasteiger partial charge in [-0.15, -0.1) is 11.8 Å². The third-order valence-electron chi connectivity index (χ3n) is 4.94. The van der Waals surface area contributed by atoms with E-state index in [1.165, 1.54) is 11.8 Å². The van der Waals surface area contributed by atoms with Crippen LogP contribution in [0.3, 0.4) is 0 Å². The lowest BCUT2D eigenvalue weighted by atomic mass is 10.0. The van der Waals surface area contributed by atoms with Gasteiger partial charge in [0.2, 0.25) is 18.2 Å². The number of nitrogens with one attached hydrogen (secondary N) is 2. The van der Waals surface area contributed by atoms with Gasteiger partial charge in [-0.3, -0.25) is 14.4 Å². The third kappa shape index (κ3) is 9.12. The zero-order chi connectivity index (χ0) is 26.0. The van der Waals surface area contributed by atoms with E-state index in [0.717, 1.165) is 4.90 Å². The van der Waals surface area contributed by atoms with Gasteiger partial charge in [0, 0.05) is 11.3 Å². The number of halogens is 2. The van der Waals surface area contributed by atoms with Crippen molar-refractivity contribution in [3.05, 3.63) is 66.2 Å². The molecule has 35 heavy (non-hydrogen) atoms. The van der Waals surface area contributed by atoms with Crippen LogP contribution in [0.2, 0.25) is 0 Å². The first-order valence-electron chi connectivity index (χ1n) is 11.0. The molecule has 0 heterocycles. The molecule has 188 valence electrons. The molecule has 0 bridgehead atoms. The summed E-state index contributed by atoms with van der Waals surface area (Å²) in [5.41, 5.74) is 0.694. The highest BCUT2D eigenvalue weighted by atomic mass is 32.2. The van der Waals surface area contributed by atoms with Crippen LogP contribution in [-0.2, 0) is 19.2 Å². The number of amides is 2. The van der Waals surface area contributed by atoms with Gasteiger partial charge in [-0.25, -0.2) is 13.6 Å². The summed E-state index contributed by atoms with van der Waals surface area (Å²) in [6, 6.07) is 15.1. The minimum absolute atomic E-state index is 0.0771. The summed E-state index contributed by atoms with van der Waals surface area (Å²) in [4.78, 5) is 50.0. The Labute approximate surface area is 206 Å². The Hall–Kier alpha value is -3.27. The average Bonchev–Trinajstić information content (AvgIpc) is 2.81. The molecular formula is C25H28F2N2O5S. The first-order valence-corrected chi connectivity index (χ1v) is 11.9. The number of thioether (sulfide) groups is 1. The van der Waals surface area contributed by atoms with Gasteiger partial charge in [0.25, 0.3) is 5.78 Å². The Morgan fingerprint density at radius 2 is 1.37 bits per heavy atom. The highest BCUT2D eigenvalue weighted by Gasteiger charge is 2.33. The second-order valence-corrected chi connectivity index (χ2v) is 9.45. The molecule has 3 atom stereocenters. The lowest BCUT2D eigenvalue weighted by Gasteiger charge is -2.25. The Morgan fingerprint density at radius 1 is 0.829 bits per heavy atom. The predicted molar refractivity (Wildman–Crippen MR) is 128 cm³/mol. The molecule has 0 aliphatic heterocycles. The zero-order valence-electron chi connectivity index (χ0n) is 19.3. The molecule has 0 aliphatic rings. The third-order valence-corrected chi connectivity index (χ3v) is 6.20. The predicted octanol–water partition coefficient (Wildman–Crippen LogP) is 3.84. The number of carbonyl (C=O) groups excluding carboxylic acids is 3. The molecule has 0 fully saturated rings.